The third-order valence-corrected chi connectivity index (χ3v) is 5.33. The SMILES string of the molecule is O=C1C(S(=O)(=O)C(F)(F)F)CCN1Cc1ccccc1[N+](=O)[O-]. The lowest BCUT2D eigenvalue weighted by Crippen LogP contribution is -2.40. The van der Waals surface area contributed by atoms with Gasteiger partial charge in [0.2, 0.25) is 5.91 Å². The van der Waals surface area contributed by atoms with Crippen LogP contribution in [0.3, 0.4) is 0 Å². The molecule has 23 heavy (non-hydrogen) atoms. The third-order valence-electron chi connectivity index (χ3n) is 3.50. The molecule has 0 saturated carbocycles. The van der Waals surface area contributed by atoms with Gasteiger partial charge in [-0.2, -0.15) is 13.2 Å². The van der Waals surface area contributed by atoms with Gasteiger partial charge in [0, 0.05) is 18.2 Å². The highest BCUT2D eigenvalue weighted by atomic mass is 32.2. The number of nitrogens with zero attached hydrogens (tertiary/aromatic N) is 2. The average molecular weight is 352 g/mol. The first-order valence-electron chi connectivity index (χ1n) is 6.37. The fourth-order valence-corrected chi connectivity index (χ4v) is 3.50. The lowest BCUT2D eigenvalue weighted by Gasteiger charge is -2.17. The van der Waals surface area contributed by atoms with Crippen molar-refractivity contribution in [3.05, 3.63) is 39.9 Å². The van der Waals surface area contributed by atoms with E-state index in [0.29, 0.717) is 0 Å². The minimum absolute atomic E-state index is 0.121. The van der Waals surface area contributed by atoms with E-state index < -0.39 is 37.8 Å². The Morgan fingerprint density at radius 3 is 2.48 bits per heavy atom. The standard InChI is InChI=1S/C12H11F3N2O5S/c13-12(14,15)23(21,22)10-5-6-16(11(10)18)7-8-3-1-2-4-9(8)17(19)20/h1-4,10H,5-7H2. The average Bonchev–Trinajstić information content (AvgIpc) is 2.80. The lowest BCUT2D eigenvalue weighted by molar-refractivity contribution is -0.385. The summed E-state index contributed by atoms with van der Waals surface area (Å²) in [4.78, 5) is 23.1. The number of carbonyl (C=O) groups is 1. The first kappa shape index (κ1) is 17.2. The van der Waals surface area contributed by atoms with E-state index in [1.165, 1.54) is 24.3 Å². The smallest absolute Gasteiger partial charge is 0.337 e. The number of halogens is 3. The number of alkyl halides is 3. The van der Waals surface area contributed by atoms with Gasteiger partial charge in [-0.3, -0.25) is 14.9 Å². The number of para-hydroxylation sites is 1. The van der Waals surface area contributed by atoms with Crippen LogP contribution in [0, 0.1) is 10.1 Å². The van der Waals surface area contributed by atoms with E-state index in [2.05, 4.69) is 0 Å². The summed E-state index contributed by atoms with van der Waals surface area (Å²) in [5.41, 5.74) is -5.68. The van der Waals surface area contributed by atoms with E-state index in [-0.39, 0.29) is 24.3 Å². The molecule has 1 heterocycles. The molecule has 1 aliphatic heterocycles. The first-order valence-corrected chi connectivity index (χ1v) is 7.91. The molecule has 0 aromatic heterocycles. The zero-order chi connectivity index (χ0) is 17.4. The van der Waals surface area contributed by atoms with Gasteiger partial charge in [0.1, 0.15) is 0 Å². The number of rotatable bonds is 4. The molecule has 0 radical (unpaired) electrons. The summed E-state index contributed by atoms with van der Waals surface area (Å²) in [5.74, 6) is -1.19. The van der Waals surface area contributed by atoms with Gasteiger partial charge in [0.05, 0.1) is 11.5 Å². The lowest BCUT2D eigenvalue weighted by atomic mass is 10.1. The molecule has 0 spiro atoms. The molecule has 1 saturated heterocycles. The van der Waals surface area contributed by atoms with Crippen molar-refractivity contribution in [1.82, 2.24) is 4.90 Å². The summed E-state index contributed by atoms with van der Waals surface area (Å²) in [6.45, 7) is -0.537. The minimum Gasteiger partial charge on any atom is -0.337 e. The molecule has 126 valence electrons. The van der Waals surface area contributed by atoms with Crippen LogP contribution in [0.25, 0.3) is 0 Å². The summed E-state index contributed by atoms with van der Waals surface area (Å²) in [6.07, 6.45) is -0.499. The number of hydrogen-bond acceptors (Lipinski definition) is 5. The molecule has 1 fully saturated rings. The zero-order valence-corrected chi connectivity index (χ0v) is 12.3. The largest absolute Gasteiger partial charge is 0.498 e. The highest BCUT2D eigenvalue weighted by Gasteiger charge is 2.55. The van der Waals surface area contributed by atoms with Crippen LogP contribution in [0.5, 0.6) is 0 Å². The Bertz CT molecular complexity index is 747. The van der Waals surface area contributed by atoms with Crippen molar-refractivity contribution in [1.29, 1.82) is 0 Å². The Balaban J connectivity index is 2.23. The van der Waals surface area contributed by atoms with Crippen molar-refractivity contribution < 1.29 is 31.3 Å². The van der Waals surface area contributed by atoms with Crippen molar-refractivity contribution in [3.8, 4) is 0 Å². The number of nitro groups is 1. The summed E-state index contributed by atoms with van der Waals surface area (Å²) < 4.78 is 60.3. The Labute approximate surface area is 128 Å². The molecular formula is C12H11F3N2O5S. The molecule has 11 heteroatoms. The van der Waals surface area contributed by atoms with Crippen LogP contribution in [0.15, 0.2) is 24.3 Å². The number of nitro benzene ring substituents is 1. The summed E-state index contributed by atoms with van der Waals surface area (Å²) in [6, 6.07) is 5.44. The van der Waals surface area contributed by atoms with Crippen molar-refractivity contribution in [2.75, 3.05) is 6.54 Å². The van der Waals surface area contributed by atoms with Crippen LogP contribution >= 0.6 is 0 Å². The maximum atomic E-state index is 12.5. The van der Waals surface area contributed by atoms with Gasteiger partial charge in [0.25, 0.3) is 15.5 Å². The van der Waals surface area contributed by atoms with E-state index in [4.69, 9.17) is 0 Å². The van der Waals surface area contributed by atoms with E-state index in [9.17, 15) is 36.5 Å². The Kier molecular flexibility index (Phi) is 4.33. The quantitative estimate of drug-likeness (QED) is 0.606. The number of sulfone groups is 1. The van der Waals surface area contributed by atoms with Crippen molar-refractivity contribution in [3.63, 3.8) is 0 Å². The molecule has 2 rings (SSSR count). The number of hydrogen-bond donors (Lipinski definition) is 0. The maximum Gasteiger partial charge on any atom is 0.498 e. The minimum atomic E-state index is -5.60. The Morgan fingerprint density at radius 2 is 1.91 bits per heavy atom. The summed E-state index contributed by atoms with van der Waals surface area (Å²) in [5, 5.41) is 8.70. The highest BCUT2D eigenvalue weighted by Crippen LogP contribution is 2.33. The van der Waals surface area contributed by atoms with Crippen molar-refractivity contribution in [2.45, 2.75) is 23.7 Å². The van der Waals surface area contributed by atoms with Gasteiger partial charge in [-0.05, 0) is 6.42 Å². The predicted octanol–water partition coefficient (Wildman–Crippen LogP) is 1.63. The molecular weight excluding hydrogens is 341 g/mol. The van der Waals surface area contributed by atoms with E-state index in [0.717, 1.165) is 4.90 Å². The van der Waals surface area contributed by atoms with Gasteiger partial charge in [0.15, 0.2) is 5.25 Å². The highest BCUT2D eigenvalue weighted by molar-refractivity contribution is 7.93. The molecule has 7 nitrogen and oxygen atoms in total. The number of carbonyl (C=O) groups excluding carboxylic acids is 1. The van der Waals surface area contributed by atoms with Gasteiger partial charge in [-0.25, -0.2) is 8.42 Å². The van der Waals surface area contributed by atoms with Crippen molar-refractivity contribution >= 4 is 21.4 Å². The van der Waals surface area contributed by atoms with Crippen molar-refractivity contribution in [2.24, 2.45) is 0 Å². The number of likely N-dealkylation sites (tertiary alicyclic amines) is 1. The van der Waals surface area contributed by atoms with Gasteiger partial charge < -0.3 is 4.90 Å². The second-order valence-corrected chi connectivity index (χ2v) is 7.04. The van der Waals surface area contributed by atoms with Gasteiger partial charge >= 0.3 is 5.51 Å². The summed E-state index contributed by atoms with van der Waals surface area (Å²) >= 11 is 0. The molecule has 1 unspecified atom stereocenters. The van der Waals surface area contributed by atoms with Crippen LogP contribution in [-0.2, 0) is 21.2 Å². The topological polar surface area (TPSA) is 97.6 Å². The van der Waals surface area contributed by atoms with E-state index in [1.807, 2.05) is 0 Å². The molecule has 1 aliphatic rings. The number of amides is 1. The zero-order valence-electron chi connectivity index (χ0n) is 11.5. The van der Waals surface area contributed by atoms with E-state index in [1.54, 1.807) is 0 Å². The Hall–Kier alpha value is -2.17. The molecule has 1 aromatic carbocycles. The number of benzene rings is 1. The first-order chi connectivity index (χ1) is 10.6. The fraction of sp³-hybridized carbons (Fsp3) is 0.417. The second-order valence-electron chi connectivity index (χ2n) is 4.91. The molecule has 1 amide bonds. The molecule has 0 N–H and O–H groups in total. The maximum absolute atomic E-state index is 12.5. The van der Waals surface area contributed by atoms with E-state index >= 15 is 0 Å². The van der Waals surface area contributed by atoms with Crippen LogP contribution in [0.2, 0.25) is 0 Å². The third kappa shape index (κ3) is 3.14. The van der Waals surface area contributed by atoms with Crippen LogP contribution in [0.1, 0.15) is 12.0 Å². The van der Waals surface area contributed by atoms with Crippen LogP contribution in [-0.4, -0.2) is 41.5 Å². The predicted molar refractivity (Wildman–Crippen MR) is 71.9 cm³/mol. The molecule has 1 atom stereocenters. The molecule has 0 aliphatic carbocycles. The Morgan fingerprint density at radius 1 is 1.30 bits per heavy atom. The summed E-state index contributed by atoms with van der Waals surface area (Å²) in [7, 11) is -5.60. The second kappa shape index (κ2) is 5.80. The fourth-order valence-electron chi connectivity index (χ4n) is 2.34. The van der Waals surface area contributed by atoms with Gasteiger partial charge in [-0.15, -0.1) is 0 Å². The normalized spacial score (nSPS) is 19.2. The van der Waals surface area contributed by atoms with Gasteiger partial charge in [-0.1, -0.05) is 18.2 Å². The monoisotopic (exact) mass is 352 g/mol. The van der Waals surface area contributed by atoms with Crippen LogP contribution < -0.4 is 0 Å². The van der Waals surface area contributed by atoms with Crippen LogP contribution in [0.4, 0.5) is 18.9 Å². The molecule has 0 bridgehead atoms. The molecule has 1 aromatic rings.